The van der Waals surface area contributed by atoms with E-state index >= 15 is 0 Å². The highest BCUT2D eigenvalue weighted by Crippen LogP contribution is 2.28. The molecule has 7 nitrogen and oxygen atoms in total. The molecule has 1 aliphatic carbocycles. The molecule has 2 heterocycles. The highest BCUT2D eigenvalue weighted by atomic mass is 16.5. The molecule has 1 aliphatic rings. The van der Waals surface area contributed by atoms with Crippen LogP contribution in [0.4, 0.5) is 5.95 Å². The molecule has 1 saturated carbocycles. The zero-order valence-electron chi connectivity index (χ0n) is 12.4. The van der Waals surface area contributed by atoms with E-state index in [4.69, 9.17) is 9.47 Å². The van der Waals surface area contributed by atoms with Gasteiger partial charge in [-0.05, 0) is 26.2 Å². The fourth-order valence-electron chi connectivity index (χ4n) is 2.71. The molecule has 2 unspecified atom stereocenters. The van der Waals surface area contributed by atoms with Crippen molar-refractivity contribution in [3.05, 3.63) is 6.33 Å². The smallest absolute Gasteiger partial charge is 0.245 e. The van der Waals surface area contributed by atoms with Gasteiger partial charge in [-0.3, -0.25) is 0 Å². The number of nitrogens with zero attached hydrogens (tertiary/aromatic N) is 3. The highest BCUT2D eigenvalue weighted by molar-refractivity contribution is 5.76. The van der Waals surface area contributed by atoms with Crippen molar-refractivity contribution in [2.24, 2.45) is 0 Å². The first-order valence-electron chi connectivity index (χ1n) is 7.44. The molecule has 0 aromatic carbocycles. The van der Waals surface area contributed by atoms with Gasteiger partial charge in [-0.15, -0.1) is 0 Å². The molecular formula is C14H21N5O2. The van der Waals surface area contributed by atoms with Crippen LogP contribution in [0.25, 0.3) is 11.2 Å². The summed E-state index contributed by atoms with van der Waals surface area (Å²) in [5.41, 5.74) is 1.37. The normalized spacial score (nSPS) is 22.4. The first-order valence-corrected chi connectivity index (χ1v) is 7.44. The molecule has 0 radical (unpaired) electrons. The summed E-state index contributed by atoms with van der Waals surface area (Å²) in [7, 11) is 1.76. The van der Waals surface area contributed by atoms with Gasteiger partial charge < -0.3 is 19.8 Å². The number of nitrogens with one attached hydrogen (secondary N) is 2. The Balaban J connectivity index is 1.83. The Hall–Kier alpha value is -1.89. The van der Waals surface area contributed by atoms with Gasteiger partial charge >= 0.3 is 0 Å². The minimum atomic E-state index is 0.125. The maximum Gasteiger partial charge on any atom is 0.245 e. The number of H-pyrrole nitrogens is 1. The minimum absolute atomic E-state index is 0.125. The second-order valence-electron chi connectivity index (χ2n) is 5.25. The summed E-state index contributed by atoms with van der Waals surface area (Å²) < 4.78 is 11.6. The number of aromatic nitrogens is 4. The summed E-state index contributed by atoms with van der Waals surface area (Å²) in [5, 5.41) is 3.11. The molecule has 1 fully saturated rings. The van der Waals surface area contributed by atoms with Crippen molar-refractivity contribution in [2.45, 2.75) is 44.8 Å². The van der Waals surface area contributed by atoms with Gasteiger partial charge in [0.1, 0.15) is 11.6 Å². The van der Waals surface area contributed by atoms with Crippen LogP contribution in [0.15, 0.2) is 6.33 Å². The monoisotopic (exact) mass is 291 g/mol. The number of hydrogen-bond acceptors (Lipinski definition) is 6. The van der Waals surface area contributed by atoms with E-state index in [0.29, 0.717) is 17.5 Å². The lowest BCUT2D eigenvalue weighted by molar-refractivity contribution is 0.0200. The Kier molecular flexibility index (Phi) is 4.19. The summed E-state index contributed by atoms with van der Waals surface area (Å²) in [6.45, 7) is 2.76. The van der Waals surface area contributed by atoms with Crippen LogP contribution in [0.2, 0.25) is 0 Å². The van der Waals surface area contributed by atoms with E-state index < -0.39 is 0 Å². The van der Waals surface area contributed by atoms with Crippen molar-refractivity contribution in [1.29, 1.82) is 0 Å². The van der Waals surface area contributed by atoms with Crippen molar-refractivity contribution >= 4 is 17.1 Å². The Morgan fingerprint density at radius 2 is 2.19 bits per heavy atom. The van der Waals surface area contributed by atoms with E-state index in [1.54, 1.807) is 13.4 Å². The molecule has 3 rings (SSSR count). The van der Waals surface area contributed by atoms with Crippen molar-refractivity contribution in [3.63, 3.8) is 0 Å². The number of ether oxygens (including phenoxy) is 2. The summed E-state index contributed by atoms with van der Waals surface area (Å²) in [6, 6.07) is 0. The zero-order chi connectivity index (χ0) is 14.7. The molecule has 114 valence electrons. The second kappa shape index (κ2) is 6.26. The summed E-state index contributed by atoms with van der Waals surface area (Å²) in [5.74, 6) is 1.11. The van der Waals surface area contributed by atoms with Crippen LogP contribution < -0.4 is 10.1 Å². The van der Waals surface area contributed by atoms with E-state index in [2.05, 4.69) is 25.3 Å². The molecule has 0 bridgehead atoms. The molecule has 0 aliphatic heterocycles. The van der Waals surface area contributed by atoms with Crippen molar-refractivity contribution < 1.29 is 9.47 Å². The molecule has 0 spiro atoms. The highest BCUT2D eigenvalue weighted by Gasteiger charge is 2.24. The molecule has 7 heteroatoms. The standard InChI is InChI=1S/C14H21N5O2/c1-3-15-14-18-12-11(16-8-17-12)13(19-14)21-10-6-4-5-9(7-10)20-2/h8-10H,3-7H2,1-2H3,(H2,15,16,17,18,19). The van der Waals surface area contributed by atoms with Crippen LogP contribution in [0.5, 0.6) is 5.88 Å². The largest absolute Gasteiger partial charge is 0.473 e. The Morgan fingerprint density at radius 1 is 1.33 bits per heavy atom. The minimum Gasteiger partial charge on any atom is -0.473 e. The predicted molar refractivity (Wildman–Crippen MR) is 79.5 cm³/mol. The Bertz CT molecular complexity index is 600. The fourth-order valence-corrected chi connectivity index (χ4v) is 2.71. The van der Waals surface area contributed by atoms with E-state index in [-0.39, 0.29) is 12.2 Å². The van der Waals surface area contributed by atoms with Crippen molar-refractivity contribution in [3.8, 4) is 5.88 Å². The maximum atomic E-state index is 6.10. The summed E-state index contributed by atoms with van der Waals surface area (Å²) in [4.78, 5) is 16.0. The summed E-state index contributed by atoms with van der Waals surface area (Å²) in [6.07, 6.45) is 6.14. The molecule has 0 saturated heterocycles. The average molecular weight is 291 g/mol. The van der Waals surface area contributed by atoms with Gasteiger partial charge in [0.25, 0.3) is 0 Å². The Labute approximate surface area is 123 Å². The fraction of sp³-hybridized carbons (Fsp3) is 0.643. The third-order valence-corrected chi connectivity index (χ3v) is 3.78. The number of aromatic amines is 1. The molecule has 2 atom stereocenters. The number of imidazole rings is 1. The van der Waals surface area contributed by atoms with E-state index in [1.165, 1.54) is 0 Å². The van der Waals surface area contributed by atoms with Gasteiger partial charge in [0.15, 0.2) is 5.65 Å². The quantitative estimate of drug-likeness (QED) is 0.877. The number of methoxy groups -OCH3 is 1. The van der Waals surface area contributed by atoms with Gasteiger partial charge in [0.05, 0.1) is 12.4 Å². The number of rotatable bonds is 5. The van der Waals surface area contributed by atoms with Crippen molar-refractivity contribution in [1.82, 2.24) is 19.9 Å². The maximum absolute atomic E-state index is 6.10. The third-order valence-electron chi connectivity index (χ3n) is 3.78. The number of fused-ring (bicyclic) bond motifs is 1. The van der Waals surface area contributed by atoms with Gasteiger partial charge in [-0.25, -0.2) is 4.98 Å². The van der Waals surface area contributed by atoms with E-state index in [0.717, 1.165) is 37.7 Å². The Morgan fingerprint density at radius 3 is 3.00 bits per heavy atom. The lowest BCUT2D eigenvalue weighted by Gasteiger charge is -2.28. The van der Waals surface area contributed by atoms with Crippen LogP contribution in [-0.2, 0) is 4.74 Å². The molecule has 21 heavy (non-hydrogen) atoms. The number of anilines is 1. The molecule has 2 N–H and O–H groups in total. The SMILES string of the molecule is CCNc1nc(OC2CCCC(OC)C2)c2[nH]cnc2n1. The lowest BCUT2D eigenvalue weighted by Crippen LogP contribution is -2.29. The molecule has 0 amide bonds. The topological polar surface area (TPSA) is 85.0 Å². The number of hydrogen-bond donors (Lipinski definition) is 2. The van der Waals surface area contributed by atoms with Crippen LogP contribution in [-0.4, -0.2) is 45.8 Å². The first kappa shape index (κ1) is 14.1. The first-order chi connectivity index (χ1) is 10.3. The van der Waals surface area contributed by atoms with Gasteiger partial charge in [-0.2, -0.15) is 9.97 Å². The van der Waals surface area contributed by atoms with Crippen LogP contribution in [0.3, 0.4) is 0 Å². The third kappa shape index (κ3) is 3.07. The van der Waals surface area contributed by atoms with E-state index in [1.807, 2.05) is 6.92 Å². The lowest BCUT2D eigenvalue weighted by atomic mass is 9.95. The van der Waals surface area contributed by atoms with Gasteiger partial charge in [0.2, 0.25) is 11.8 Å². The zero-order valence-corrected chi connectivity index (χ0v) is 12.4. The van der Waals surface area contributed by atoms with E-state index in [9.17, 15) is 0 Å². The van der Waals surface area contributed by atoms with Gasteiger partial charge in [-0.1, -0.05) is 0 Å². The molecule has 2 aromatic heterocycles. The average Bonchev–Trinajstić information content (AvgIpc) is 2.96. The molecule has 2 aromatic rings. The van der Waals surface area contributed by atoms with Crippen LogP contribution >= 0.6 is 0 Å². The second-order valence-corrected chi connectivity index (χ2v) is 5.25. The molecular weight excluding hydrogens is 270 g/mol. The van der Waals surface area contributed by atoms with Crippen LogP contribution in [0, 0.1) is 0 Å². The van der Waals surface area contributed by atoms with Crippen LogP contribution in [0.1, 0.15) is 32.6 Å². The predicted octanol–water partition coefficient (Wildman–Crippen LogP) is 2.12. The summed E-state index contributed by atoms with van der Waals surface area (Å²) >= 11 is 0. The van der Waals surface area contributed by atoms with Crippen molar-refractivity contribution in [2.75, 3.05) is 19.0 Å². The van der Waals surface area contributed by atoms with Gasteiger partial charge in [0, 0.05) is 20.1 Å².